The maximum absolute atomic E-state index is 2.24. The van der Waals surface area contributed by atoms with Crippen LogP contribution in [-0.4, -0.2) is 6.16 Å². The molecule has 0 spiro atoms. The molecule has 0 saturated heterocycles. The first-order valence-corrected chi connectivity index (χ1v) is 4.38. The van der Waals surface area contributed by atoms with Crippen LogP contribution < -0.4 is 0 Å². The van der Waals surface area contributed by atoms with Crippen molar-refractivity contribution in [3.63, 3.8) is 0 Å². The van der Waals surface area contributed by atoms with Gasteiger partial charge in [-0.1, -0.05) is 40.7 Å². The van der Waals surface area contributed by atoms with Gasteiger partial charge in [0.1, 0.15) is 0 Å². The Morgan fingerprint density at radius 2 is 2.12 bits per heavy atom. The highest BCUT2D eigenvalue weighted by Crippen LogP contribution is 2.12. The molecule has 0 heterocycles. The minimum absolute atomic E-state index is 1.18. The Labute approximate surface area is 54.2 Å². The smallest absolute Gasteiger partial charge is 0.0252 e. The van der Waals surface area contributed by atoms with E-state index >= 15 is 0 Å². The largest absolute Gasteiger partial charge is 0.0840 e. The fourth-order valence-electron chi connectivity index (χ4n) is 0.384. The van der Waals surface area contributed by atoms with Crippen LogP contribution in [0.25, 0.3) is 0 Å². The van der Waals surface area contributed by atoms with Gasteiger partial charge in [0.25, 0.3) is 0 Å². The molecule has 0 aliphatic heterocycles. The highest BCUT2D eigenvalue weighted by Gasteiger charge is 1.75. The third kappa shape index (κ3) is 6.17. The van der Waals surface area contributed by atoms with Gasteiger partial charge in [-0.05, 0) is 12.6 Å². The van der Waals surface area contributed by atoms with Crippen molar-refractivity contribution in [2.24, 2.45) is 0 Å². The maximum atomic E-state index is 2.24. The fraction of sp³-hybridized carbons (Fsp3) is 0.714. The molecule has 8 heavy (non-hydrogen) atoms. The van der Waals surface area contributed by atoms with Gasteiger partial charge in [-0.3, -0.25) is 0 Å². The zero-order valence-corrected chi connectivity index (χ0v) is 6.62. The van der Waals surface area contributed by atoms with E-state index in [9.17, 15) is 0 Å². The Bertz CT molecular complexity index is 57.4. The molecule has 0 aliphatic carbocycles. The molecule has 0 N–H and O–H groups in total. The number of hydrogen-bond donors (Lipinski definition) is 0. The predicted octanol–water partition coefficient (Wildman–Crippen LogP) is 3.27. The number of allylic oxidation sites excluding steroid dienone is 1. The summed E-state index contributed by atoms with van der Waals surface area (Å²) in [4.78, 5) is 0. The molecule has 0 aliphatic rings. The third-order valence-corrected chi connectivity index (χ3v) is 1.93. The monoisotopic (exact) mass is 129 g/mol. The number of hydrogen-bond acceptors (Lipinski definition) is 0. The van der Waals surface area contributed by atoms with Crippen molar-refractivity contribution in [3.05, 3.63) is 11.9 Å². The molecule has 0 bridgehead atoms. The summed E-state index contributed by atoms with van der Waals surface area (Å²) < 4.78 is 0. The van der Waals surface area contributed by atoms with Crippen LogP contribution in [-0.2, 0) is 0 Å². The summed E-state index contributed by atoms with van der Waals surface area (Å²) in [6.45, 7) is 4.38. The zero-order valence-electron chi connectivity index (χ0n) is 5.72. The highest BCUT2D eigenvalue weighted by atomic mass is 31.1. The predicted molar refractivity (Wildman–Crippen MR) is 41.5 cm³/mol. The maximum Gasteiger partial charge on any atom is -0.0252 e. The van der Waals surface area contributed by atoms with E-state index in [0.29, 0.717) is 0 Å². The van der Waals surface area contributed by atoms with Crippen LogP contribution in [0.3, 0.4) is 0 Å². The first-order chi connectivity index (χ1) is 3.91. The standard InChI is InChI=1S/C7H14P/c1-3-5-7-8-6-4-2/h5,7H,3-4,6H2,1-2H3/b7-5+. The molecule has 1 heteroatoms. The second kappa shape index (κ2) is 7.17. The molecule has 0 saturated carbocycles. The van der Waals surface area contributed by atoms with Crippen LogP contribution >= 0.6 is 8.58 Å². The topological polar surface area (TPSA) is 0 Å². The van der Waals surface area contributed by atoms with Crippen molar-refractivity contribution in [3.8, 4) is 0 Å². The lowest BCUT2D eigenvalue weighted by molar-refractivity contribution is 1.10. The first kappa shape index (κ1) is 8.17. The summed E-state index contributed by atoms with van der Waals surface area (Å²) in [6, 6.07) is 0. The van der Waals surface area contributed by atoms with Crippen LogP contribution in [0.1, 0.15) is 26.7 Å². The molecule has 0 rings (SSSR count). The summed E-state index contributed by atoms with van der Waals surface area (Å²) >= 11 is 0. The average molecular weight is 129 g/mol. The Hall–Kier alpha value is 0.170. The minimum Gasteiger partial charge on any atom is -0.0840 e. The van der Waals surface area contributed by atoms with Gasteiger partial charge in [-0.25, -0.2) is 0 Å². The van der Waals surface area contributed by atoms with Crippen molar-refractivity contribution in [2.45, 2.75) is 26.7 Å². The molecule has 0 unspecified atom stereocenters. The fourth-order valence-corrected chi connectivity index (χ4v) is 1.15. The molecular formula is C7H14P. The molecule has 0 aromatic carbocycles. The van der Waals surface area contributed by atoms with Crippen LogP contribution in [0.5, 0.6) is 0 Å². The van der Waals surface area contributed by atoms with E-state index in [1.807, 2.05) is 0 Å². The van der Waals surface area contributed by atoms with Gasteiger partial charge < -0.3 is 0 Å². The Morgan fingerprint density at radius 1 is 1.38 bits per heavy atom. The molecule has 47 valence electrons. The van der Waals surface area contributed by atoms with E-state index in [0.717, 1.165) is 0 Å². The van der Waals surface area contributed by atoms with Gasteiger partial charge in [-0.15, -0.1) is 0 Å². The van der Waals surface area contributed by atoms with Crippen LogP contribution in [0, 0.1) is 0 Å². The Balaban J connectivity index is 2.80. The molecular weight excluding hydrogens is 115 g/mol. The molecule has 0 fully saturated rings. The molecule has 0 aromatic heterocycles. The second-order valence-electron chi connectivity index (χ2n) is 1.70. The van der Waals surface area contributed by atoms with E-state index in [2.05, 4.69) is 25.7 Å². The summed E-state index contributed by atoms with van der Waals surface area (Å²) in [5.74, 6) is 2.24. The second-order valence-corrected chi connectivity index (χ2v) is 2.81. The quantitative estimate of drug-likeness (QED) is 0.403. The Morgan fingerprint density at radius 3 is 2.62 bits per heavy atom. The van der Waals surface area contributed by atoms with Crippen molar-refractivity contribution < 1.29 is 0 Å². The van der Waals surface area contributed by atoms with E-state index in [1.165, 1.54) is 27.6 Å². The SMILES string of the molecule is CC/C=C/[P]CCC. The minimum atomic E-state index is 1.18. The van der Waals surface area contributed by atoms with Crippen LogP contribution in [0.2, 0.25) is 0 Å². The van der Waals surface area contributed by atoms with Gasteiger partial charge in [-0.2, -0.15) is 0 Å². The van der Waals surface area contributed by atoms with E-state index < -0.39 is 0 Å². The van der Waals surface area contributed by atoms with Crippen molar-refractivity contribution in [2.75, 3.05) is 6.16 Å². The van der Waals surface area contributed by atoms with Crippen molar-refractivity contribution in [1.29, 1.82) is 0 Å². The summed E-state index contributed by atoms with van der Waals surface area (Å²) in [5.41, 5.74) is 0. The molecule has 0 nitrogen and oxygen atoms in total. The Kier molecular flexibility index (Phi) is 7.32. The van der Waals surface area contributed by atoms with E-state index in [1.54, 1.807) is 0 Å². The van der Waals surface area contributed by atoms with E-state index in [4.69, 9.17) is 0 Å². The highest BCUT2D eigenvalue weighted by molar-refractivity contribution is 7.41. The average Bonchev–Trinajstić information content (AvgIpc) is 1.81. The molecule has 0 aromatic rings. The first-order valence-electron chi connectivity index (χ1n) is 3.23. The third-order valence-electron chi connectivity index (χ3n) is 0.799. The molecule has 0 amide bonds. The van der Waals surface area contributed by atoms with E-state index in [-0.39, 0.29) is 0 Å². The lowest BCUT2D eigenvalue weighted by Gasteiger charge is -1.84. The number of rotatable bonds is 4. The normalized spacial score (nSPS) is 12.2. The zero-order chi connectivity index (χ0) is 6.24. The van der Waals surface area contributed by atoms with Crippen molar-refractivity contribution in [1.82, 2.24) is 0 Å². The van der Waals surface area contributed by atoms with Gasteiger partial charge >= 0.3 is 0 Å². The molecule has 0 atom stereocenters. The van der Waals surface area contributed by atoms with Gasteiger partial charge in [0.2, 0.25) is 0 Å². The van der Waals surface area contributed by atoms with Gasteiger partial charge in [0.15, 0.2) is 0 Å². The lowest BCUT2D eigenvalue weighted by Crippen LogP contribution is -1.62. The summed E-state index contributed by atoms with van der Waals surface area (Å²) in [7, 11) is 1.48. The molecule has 1 radical (unpaired) electrons. The van der Waals surface area contributed by atoms with Crippen molar-refractivity contribution >= 4 is 8.58 Å². The van der Waals surface area contributed by atoms with Gasteiger partial charge in [0, 0.05) is 0 Å². The van der Waals surface area contributed by atoms with Crippen LogP contribution in [0.15, 0.2) is 11.9 Å². The summed E-state index contributed by atoms with van der Waals surface area (Å²) in [5, 5.41) is 0. The summed E-state index contributed by atoms with van der Waals surface area (Å²) in [6.07, 6.45) is 6.01. The lowest BCUT2D eigenvalue weighted by atomic mass is 10.5. The van der Waals surface area contributed by atoms with Gasteiger partial charge in [0.05, 0.1) is 0 Å². The van der Waals surface area contributed by atoms with Crippen LogP contribution in [0.4, 0.5) is 0 Å².